The van der Waals surface area contributed by atoms with Crippen LogP contribution in [0.15, 0.2) is 23.1 Å². The van der Waals surface area contributed by atoms with Gasteiger partial charge in [-0.3, -0.25) is 9.59 Å². The molecule has 2 rings (SSSR count). The molecule has 0 saturated heterocycles. The zero-order valence-corrected chi connectivity index (χ0v) is 14.5. The highest BCUT2D eigenvalue weighted by atomic mass is 32.2. The van der Waals surface area contributed by atoms with Crippen molar-refractivity contribution in [1.82, 2.24) is 5.32 Å². The van der Waals surface area contributed by atoms with Gasteiger partial charge in [0.1, 0.15) is 0 Å². The van der Waals surface area contributed by atoms with Crippen LogP contribution in [0.1, 0.15) is 25.7 Å². The van der Waals surface area contributed by atoms with Crippen LogP contribution in [0, 0.1) is 0 Å². The summed E-state index contributed by atoms with van der Waals surface area (Å²) >= 11 is 0. The van der Waals surface area contributed by atoms with Crippen molar-refractivity contribution in [2.75, 3.05) is 25.5 Å². The van der Waals surface area contributed by atoms with E-state index in [1.807, 2.05) is 0 Å². The van der Waals surface area contributed by atoms with Gasteiger partial charge in [0.2, 0.25) is 5.91 Å². The van der Waals surface area contributed by atoms with E-state index >= 15 is 0 Å². The lowest BCUT2D eigenvalue weighted by molar-refractivity contribution is -0.137. The van der Waals surface area contributed by atoms with E-state index in [1.54, 1.807) is 6.07 Å². The van der Waals surface area contributed by atoms with Crippen LogP contribution in [-0.4, -0.2) is 50.9 Å². The Kier molecular flexibility index (Phi) is 6.63. The van der Waals surface area contributed by atoms with Crippen LogP contribution in [0.5, 0.6) is 11.5 Å². The molecule has 0 aliphatic carbocycles. The Hall–Kier alpha value is -2.29. The summed E-state index contributed by atoms with van der Waals surface area (Å²) < 4.78 is 35.7. The first-order valence-electron chi connectivity index (χ1n) is 7.99. The minimum atomic E-state index is -3.64. The lowest BCUT2D eigenvalue weighted by Crippen LogP contribution is -2.26. The summed E-state index contributed by atoms with van der Waals surface area (Å²) in [6.45, 7) is 1.17. The van der Waals surface area contributed by atoms with Gasteiger partial charge < -0.3 is 19.9 Å². The Labute approximate surface area is 146 Å². The second kappa shape index (κ2) is 8.70. The van der Waals surface area contributed by atoms with Crippen molar-refractivity contribution < 1.29 is 32.6 Å². The average Bonchev–Trinajstić information content (AvgIpc) is 2.81. The lowest BCUT2D eigenvalue weighted by atomic mass is 10.3. The van der Waals surface area contributed by atoms with E-state index in [0.717, 1.165) is 6.42 Å². The molecule has 0 atom stereocenters. The number of aliphatic carboxylic acids is 1. The van der Waals surface area contributed by atoms with Gasteiger partial charge in [0.15, 0.2) is 21.3 Å². The third-order valence-electron chi connectivity index (χ3n) is 3.57. The van der Waals surface area contributed by atoms with Gasteiger partial charge in [-0.05, 0) is 18.6 Å². The molecule has 1 aromatic rings. The minimum Gasteiger partial charge on any atom is -0.490 e. The van der Waals surface area contributed by atoms with E-state index in [2.05, 4.69) is 5.32 Å². The normalized spacial score (nSPS) is 13.8. The number of sulfone groups is 1. The first kappa shape index (κ1) is 19.0. The van der Waals surface area contributed by atoms with Crippen LogP contribution in [0.3, 0.4) is 0 Å². The number of carbonyl (C=O) groups excluding carboxylic acids is 1. The van der Waals surface area contributed by atoms with Crippen molar-refractivity contribution in [2.45, 2.75) is 30.6 Å². The molecule has 1 aliphatic rings. The van der Waals surface area contributed by atoms with Crippen LogP contribution < -0.4 is 14.8 Å². The van der Waals surface area contributed by atoms with Gasteiger partial charge >= 0.3 is 5.97 Å². The summed E-state index contributed by atoms with van der Waals surface area (Å²) in [5.41, 5.74) is 0. The zero-order valence-electron chi connectivity index (χ0n) is 13.7. The average molecular weight is 371 g/mol. The highest BCUT2D eigenvalue weighted by Gasteiger charge is 2.20. The fourth-order valence-electron chi connectivity index (χ4n) is 2.24. The van der Waals surface area contributed by atoms with Crippen LogP contribution in [0.4, 0.5) is 0 Å². The van der Waals surface area contributed by atoms with E-state index in [9.17, 15) is 18.0 Å². The van der Waals surface area contributed by atoms with E-state index in [4.69, 9.17) is 14.6 Å². The number of fused-ring (bicyclic) bond motifs is 1. The van der Waals surface area contributed by atoms with Crippen molar-refractivity contribution in [3.8, 4) is 11.5 Å². The van der Waals surface area contributed by atoms with E-state index < -0.39 is 21.7 Å². The molecule has 2 N–H and O–H groups in total. The Bertz CT molecular complexity index is 730. The molecule has 1 aromatic carbocycles. The van der Waals surface area contributed by atoms with Gasteiger partial charge in [-0.15, -0.1) is 0 Å². The highest BCUT2D eigenvalue weighted by Crippen LogP contribution is 2.32. The number of rotatable bonds is 8. The van der Waals surface area contributed by atoms with Crippen molar-refractivity contribution in [2.24, 2.45) is 0 Å². The van der Waals surface area contributed by atoms with Gasteiger partial charge in [0.25, 0.3) is 0 Å². The predicted molar refractivity (Wildman–Crippen MR) is 88.6 cm³/mol. The molecule has 0 unspecified atom stereocenters. The number of nitrogens with one attached hydrogen (secondary N) is 1. The van der Waals surface area contributed by atoms with Crippen molar-refractivity contribution >= 4 is 21.7 Å². The second-order valence-electron chi connectivity index (χ2n) is 5.58. The molecular weight excluding hydrogens is 350 g/mol. The summed E-state index contributed by atoms with van der Waals surface area (Å²) in [4.78, 5) is 22.1. The molecule has 0 radical (unpaired) electrons. The van der Waals surface area contributed by atoms with E-state index in [1.165, 1.54) is 12.1 Å². The summed E-state index contributed by atoms with van der Waals surface area (Å²) in [6, 6.07) is 4.41. The molecule has 1 heterocycles. The van der Waals surface area contributed by atoms with Crippen LogP contribution in [0.2, 0.25) is 0 Å². The largest absolute Gasteiger partial charge is 0.490 e. The minimum absolute atomic E-state index is 0.0459. The van der Waals surface area contributed by atoms with Crippen LogP contribution >= 0.6 is 0 Å². The molecule has 138 valence electrons. The topological polar surface area (TPSA) is 119 Å². The maximum absolute atomic E-state index is 12.4. The summed E-state index contributed by atoms with van der Waals surface area (Å²) in [7, 11) is -3.64. The molecule has 0 bridgehead atoms. The van der Waals surface area contributed by atoms with Gasteiger partial charge in [0.05, 0.1) is 23.9 Å². The third kappa shape index (κ3) is 5.93. The molecule has 0 spiro atoms. The smallest absolute Gasteiger partial charge is 0.303 e. The molecule has 9 heteroatoms. The maximum atomic E-state index is 12.4. The van der Waals surface area contributed by atoms with Gasteiger partial charge in [-0.2, -0.15) is 0 Å². The Morgan fingerprint density at radius 3 is 2.56 bits per heavy atom. The number of hydrogen-bond acceptors (Lipinski definition) is 6. The van der Waals surface area contributed by atoms with E-state index in [-0.39, 0.29) is 30.0 Å². The summed E-state index contributed by atoms with van der Waals surface area (Å²) in [5.74, 6) is -0.809. The molecule has 1 amide bonds. The van der Waals surface area contributed by atoms with Gasteiger partial charge in [0, 0.05) is 31.9 Å². The molecule has 0 fully saturated rings. The SMILES string of the molecule is O=C(O)CCCNC(=O)CCS(=O)(=O)c1ccc2c(c1)OCCCO2. The number of carboxylic acid groups (broad SMARTS) is 1. The monoisotopic (exact) mass is 371 g/mol. The first-order valence-corrected chi connectivity index (χ1v) is 9.64. The fraction of sp³-hybridized carbons (Fsp3) is 0.500. The van der Waals surface area contributed by atoms with E-state index in [0.29, 0.717) is 31.1 Å². The number of carboxylic acids is 1. The van der Waals surface area contributed by atoms with Gasteiger partial charge in [-0.1, -0.05) is 0 Å². The molecule has 8 nitrogen and oxygen atoms in total. The summed E-state index contributed by atoms with van der Waals surface area (Å²) in [5, 5.41) is 11.0. The number of amides is 1. The fourth-order valence-corrected chi connectivity index (χ4v) is 3.49. The molecule has 0 saturated carbocycles. The molecule has 0 aromatic heterocycles. The molecular formula is C16H21NO7S. The third-order valence-corrected chi connectivity index (χ3v) is 5.28. The second-order valence-corrected chi connectivity index (χ2v) is 7.68. The highest BCUT2D eigenvalue weighted by molar-refractivity contribution is 7.91. The number of benzene rings is 1. The predicted octanol–water partition coefficient (Wildman–Crippen LogP) is 0.993. The van der Waals surface area contributed by atoms with Crippen LogP contribution in [-0.2, 0) is 19.4 Å². The van der Waals surface area contributed by atoms with Crippen LogP contribution in [0.25, 0.3) is 0 Å². The maximum Gasteiger partial charge on any atom is 0.303 e. The lowest BCUT2D eigenvalue weighted by Gasteiger charge is -2.10. The Morgan fingerprint density at radius 1 is 1.12 bits per heavy atom. The molecule has 25 heavy (non-hydrogen) atoms. The number of hydrogen-bond donors (Lipinski definition) is 2. The van der Waals surface area contributed by atoms with Crippen molar-refractivity contribution in [1.29, 1.82) is 0 Å². The number of ether oxygens (including phenoxy) is 2. The number of carbonyl (C=O) groups is 2. The first-order chi connectivity index (χ1) is 11.9. The quantitative estimate of drug-likeness (QED) is 0.654. The standard InChI is InChI=1S/C16H21NO7S/c18-15(17-7-1-3-16(19)20)6-10-25(21,22)12-4-5-13-14(11-12)24-9-2-8-23-13/h4-5,11H,1-3,6-10H2,(H,17,18)(H,19,20). The van der Waals surface area contributed by atoms with Gasteiger partial charge in [-0.25, -0.2) is 8.42 Å². The van der Waals surface area contributed by atoms with Crippen molar-refractivity contribution in [3.05, 3.63) is 18.2 Å². The zero-order chi connectivity index (χ0) is 18.3. The van der Waals surface area contributed by atoms with Crippen molar-refractivity contribution in [3.63, 3.8) is 0 Å². The molecule has 1 aliphatic heterocycles. The summed E-state index contributed by atoms with van der Waals surface area (Å²) in [6.07, 6.45) is 0.786. The Balaban J connectivity index is 1.89. The Morgan fingerprint density at radius 2 is 1.84 bits per heavy atom.